The largest absolute Gasteiger partial charge is 0.494 e. The summed E-state index contributed by atoms with van der Waals surface area (Å²) in [5.74, 6) is -0.153. The molecule has 1 fully saturated rings. The predicted molar refractivity (Wildman–Crippen MR) is 137 cm³/mol. The van der Waals surface area contributed by atoms with Gasteiger partial charge in [0.15, 0.2) is 5.56 Å². The Labute approximate surface area is 215 Å². The van der Waals surface area contributed by atoms with E-state index in [1.54, 1.807) is 29.2 Å². The Morgan fingerprint density at radius 3 is 2.51 bits per heavy atom. The number of aryl methyl sites for hydroxylation is 1. The fourth-order valence-electron chi connectivity index (χ4n) is 4.87. The maximum absolute atomic E-state index is 13.6. The van der Waals surface area contributed by atoms with Gasteiger partial charge in [-0.05, 0) is 55.0 Å². The third-order valence-corrected chi connectivity index (χ3v) is 6.72. The molecule has 9 heteroatoms. The van der Waals surface area contributed by atoms with Gasteiger partial charge in [-0.3, -0.25) is 14.2 Å². The quantitative estimate of drug-likeness (QED) is 0.466. The number of halogens is 1. The summed E-state index contributed by atoms with van der Waals surface area (Å²) in [5.41, 5.74) is 0.0599. The Bertz CT molecular complexity index is 1320. The first-order valence-electron chi connectivity index (χ1n) is 12.5. The number of para-hydroxylation sites is 1. The molecule has 8 nitrogen and oxygen atoms in total. The molecule has 0 radical (unpaired) electrons. The van der Waals surface area contributed by atoms with E-state index in [-0.39, 0.29) is 17.3 Å². The van der Waals surface area contributed by atoms with Gasteiger partial charge in [0.2, 0.25) is 5.88 Å². The zero-order valence-corrected chi connectivity index (χ0v) is 21.4. The molecule has 1 aliphatic heterocycles. The Hall–Kier alpha value is -3.88. The molecule has 1 unspecified atom stereocenters. The van der Waals surface area contributed by atoms with Crippen molar-refractivity contribution in [1.29, 1.82) is 0 Å². The molecule has 0 aliphatic carbocycles. The molecular formula is C28H32FN3O5. The van der Waals surface area contributed by atoms with Crippen LogP contribution < -0.4 is 15.0 Å². The lowest BCUT2D eigenvalue weighted by atomic mass is 9.99. The lowest BCUT2D eigenvalue weighted by Gasteiger charge is -2.22. The summed E-state index contributed by atoms with van der Waals surface area (Å²) in [7, 11) is 2.98. The van der Waals surface area contributed by atoms with E-state index in [2.05, 4.69) is 4.98 Å². The number of benzene rings is 2. The number of likely N-dealkylation sites (tertiary alicyclic amines) is 1. The smallest absolute Gasteiger partial charge is 0.289 e. The topological polar surface area (TPSA) is 93.9 Å². The van der Waals surface area contributed by atoms with Gasteiger partial charge < -0.3 is 19.5 Å². The van der Waals surface area contributed by atoms with Crippen molar-refractivity contribution < 1.29 is 23.8 Å². The fraction of sp³-hybridized carbons (Fsp3) is 0.393. The molecular weight excluding hydrogens is 477 g/mol. The number of rotatable bonds is 9. The van der Waals surface area contributed by atoms with Crippen molar-refractivity contribution in [2.45, 2.75) is 39.0 Å². The molecule has 37 heavy (non-hydrogen) atoms. The number of carbonyl (C=O) groups excluding carboxylic acids is 1. The normalized spacial score (nSPS) is 15.1. The van der Waals surface area contributed by atoms with E-state index in [1.165, 1.54) is 30.9 Å². The summed E-state index contributed by atoms with van der Waals surface area (Å²) < 4.78 is 26.0. The zero-order chi connectivity index (χ0) is 26.5. The number of nitrogens with zero attached hydrogens (tertiary/aromatic N) is 3. The highest BCUT2D eigenvalue weighted by atomic mass is 19.1. The molecule has 4 rings (SSSR count). The van der Waals surface area contributed by atoms with E-state index < -0.39 is 17.3 Å². The van der Waals surface area contributed by atoms with Gasteiger partial charge in [0.05, 0.1) is 14.2 Å². The van der Waals surface area contributed by atoms with Crippen molar-refractivity contribution in [2.75, 3.05) is 27.3 Å². The summed E-state index contributed by atoms with van der Waals surface area (Å²) in [4.78, 5) is 32.4. The zero-order valence-electron chi connectivity index (χ0n) is 21.4. The molecule has 3 aromatic rings. The molecule has 1 N–H and O–H groups in total. The Balaban J connectivity index is 1.72. The summed E-state index contributed by atoms with van der Waals surface area (Å²) in [6.45, 7) is 2.83. The highest BCUT2D eigenvalue weighted by Gasteiger charge is 2.33. The molecule has 1 saturated heterocycles. The van der Waals surface area contributed by atoms with Crippen LogP contribution in [0.3, 0.4) is 0 Å². The lowest BCUT2D eigenvalue weighted by Crippen LogP contribution is -2.35. The second-order valence-electron chi connectivity index (χ2n) is 9.22. The van der Waals surface area contributed by atoms with Gasteiger partial charge in [0.1, 0.15) is 28.8 Å². The molecule has 196 valence electrons. The van der Waals surface area contributed by atoms with Gasteiger partial charge in [-0.1, -0.05) is 31.5 Å². The standard InChI is InChI=1S/C28H32FN3O5/c1-4-5-12-23-30-26(33)24(28(35)32(23)25-21(36-2)10-7-11-22(25)37-3)27(34)31-14-13-19(17-31)15-18-8-6-9-20(29)16-18/h6-11,16,19,35H,4-5,12-15,17H2,1-3H3. The number of aromatic hydroxyl groups is 1. The molecule has 1 aromatic heterocycles. The Morgan fingerprint density at radius 2 is 1.86 bits per heavy atom. The van der Waals surface area contributed by atoms with E-state index in [1.807, 2.05) is 13.0 Å². The predicted octanol–water partition coefficient (Wildman–Crippen LogP) is 4.14. The second kappa shape index (κ2) is 11.5. The Morgan fingerprint density at radius 1 is 1.16 bits per heavy atom. The van der Waals surface area contributed by atoms with Gasteiger partial charge in [0, 0.05) is 19.5 Å². The van der Waals surface area contributed by atoms with Gasteiger partial charge in [-0.15, -0.1) is 0 Å². The monoisotopic (exact) mass is 509 g/mol. The van der Waals surface area contributed by atoms with Crippen molar-refractivity contribution in [3.8, 4) is 23.1 Å². The summed E-state index contributed by atoms with van der Waals surface area (Å²) >= 11 is 0. The van der Waals surface area contributed by atoms with Crippen molar-refractivity contribution in [3.05, 3.63) is 75.6 Å². The van der Waals surface area contributed by atoms with Crippen LogP contribution in [0.1, 0.15) is 47.9 Å². The van der Waals surface area contributed by atoms with Crippen LogP contribution in [0.25, 0.3) is 5.69 Å². The maximum Gasteiger partial charge on any atom is 0.289 e. The molecule has 0 bridgehead atoms. The molecule has 1 aliphatic rings. The number of ether oxygens (including phenoxy) is 2. The second-order valence-corrected chi connectivity index (χ2v) is 9.22. The summed E-state index contributed by atoms with van der Waals surface area (Å²) in [6, 6.07) is 11.6. The van der Waals surface area contributed by atoms with Gasteiger partial charge in [-0.25, -0.2) is 4.39 Å². The molecule has 0 saturated carbocycles. The van der Waals surface area contributed by atoms with Crippen LogP contribution >= 0.6 is 0 Å². The maximum atomic E-state index is 13.6. The fourth-order valence-corrected chi connectivity index (χ4v) is 4.87. The summed E-state index contributed by atoms with van der Waals surface area (Å²) in [5, 5.41) is 11.4. The molecule has 1 atom stereocenters. The first kappa shape index (κ1) is 26.2. The average Bonchev–Trinajstić information content (AvgIpc) is 3.35. The molecule has 2 aromatic carbocycles. The number of methoxy groups -OCH3 is 2. The molecule has 1 amide bonds. The van der Waals surface area contributed by atoms with E-state index in [0.29, 0.717) is 55.4 Å². The van der Waals surface area contributed by atoms with Crippen LogP contribution in [0.15, 0.2) is 47.3 Å². The average molecular weight is 510 g/mol. The SMILES string of the molecule is CCCCc1nc(=O)c(C(=O)N2CCC(Cc3cccc(F)c3)C2)c(O)n1-c1c(OC)cccc1OC. The van der Waals surface area contributed by atoms with E-state index in [4.69, 9.17) is 9.47 Å². The number of amides is 1. The third kappa shape index (κ3) is 5.45. The molecule has 2 heterocycles. The number of hydrogen-bond donors (Lipinski definition) is 1. The summed E-state index contributed by atoms with van der Waals surface area (Å²) in [6.07, 6.45) is 3.31. The van der Waals surface area contributed by atoms with Crippen molar-refractivity contribution in [2.24, 2.45) is 5.92 Å². The van der Waals surface area contributed by atoms with Crippen molar-refractivity contribution in [1.82, 2.24) is 14.5 Å². The van der Waals surface area contributed by atoms with Crippen LogP contribution in [0.2, 0.25) is 0 Å². The first-order chi connectivity index (χ1) is 17.9. The first-order valence-corrected chi connectivity index (χ1v) is 12.5. The minimum absolute atomic E-state index is 0.112. The van der Waals surface area contributed by atoms with E-state index >= 15 is 0 Å². The third-order valence-electron chi connectivity index (χ3n) is 6.72. The van der Waals surface area contributed by atoms with Crippen LogP contribution in [0.5, 0.6) is 17.4 Å². The number of unbranched alkanes of at least 4 members (excludes halogenated alkanes) is 1. The molecule has 0 spiro atoms. The van der Waals surface area contributed by atoms with Gasteiger partial charge in [0.25, 0.3) is 11.5 Å². The minimum atomic E-state index is -0.771. The highest BCUT2D eigenvalue weighted by Crippen LogP contribution is 2.37. The highest BCUT2D eigenvalue weighted by molar-refractivity contribution is 5.96. The van der Waals surface area contributed by atoms with Crippen LogP contribution in [0.4, 0.5) is 4.39 Å². The van der Waals surface area contributed by atoms with E-state index in [9.17, 15) is 19.1 Å². The number of carbonyl (C=O) groups is 1. The van der Waals surface area contributed by atoms with E-state index in [0.717, 1.165) is 18.4 Å². The van der Waals surface area contributed by atoms with Crippen molar-refractivity contribution in [3.63, 3.8) is 0 Å². The van der Waals surface area contributed by atoms with Crippen molar-refractivity contribution >= 4 is 5.91 Å². The Kier molecular flexibility index (Phi) is 8.11. The van der Waals surface area contributed by atoms with Gasteiger partial charge in [-0.2, -0.15) is 4.98 Å². The van der Waals surface area contributed by atoms with Crippen LogP contribution in [0, 0.1) is 11.7 Å². The minimum Gasteiger partial charge on any atom is -0.494 e. The van der Waals surface area contributed by atoms with Crippen LogP contribution in [-0.4, -0.2) is 52.8 Å². The number of aromatic nitrogens is 2. The van der Waals surface area contributed by atoms with Gasteiger partial charge >= 0.3 is 0 Å². The lowest BCUT2D eigenvalue weighted by molar-refractivity contribution is 0.0780. The van der Waals surface area contributed by atoms with Crippen LogP contribution in [-0.2, 0) is 12.8 Å². The number of hydrogen-bond acceptors (Lipinski definition) is 6.